The van der Waals surface area contributed by atoms with Crippen LogP contribution in [0.5, 0.6) is 0 Å². The van der Waals surface area contributed by atoms with Crippen molar-refractivity contribution in [3.63, 3.8) is 0 Å². The molecule has 0 aliphatic rings. The molecular weight excluding hydrogens is 324 g/mol. The zero-order valence-electron chi connectivity index (χ0n) is 13.0. The number of rotatable bonds is 4. The summed E-state index contributed by atoms with van der Waals surface area (Å²) >= 11 is 6.03. The number of carbonyl (C=O) groups excluding carboxylic acids is 1. The molecule has 0 aliphatic carbocycles. The lowest BCUT2D eigenvalue weighted by atomic mass is 10.1. The van der Waals surface area contributed by atoms with Crippen LogP contribution in [0.3, 0.4) is 0 Å². The topological polar surface area (TPSA) is 54.6 Å². The first-order valence-corrected chi connectivity index (χ1v) is 7.76. The molecule has 4 nitrogen and oxygen atoms in total. The second-order valence-electron chi connectivity index (χ2n) is 5.23. The van der Waals surface area contributed by atoms with Crippen LogP contribution in [0.15, 0.2) is 70.2 Å². The number of aryl methyl sites for hydroxylation is 1. The molecule has 0 spiro atoms. The highest BCUT2D eigenvalue weighted by atomic mass is 35.5. The van der Waals surface area contributed by atoms with Gasteiger partial charge >= 0.3 is 0 Å². The molecule has 3 rings (SSSR count). The van der Waals surface area contributed by atoms with Crippen LogP contribution in [0, 0.1) is 6.92 Å². The van der Waals surface area contributed by atoms with Crippen LogP contribution in [-0.4, -0.2) is 12.1 Å². The van der Waals surface area contributed by atoms with Crippen LogP contribution in [0.4, 0.5) is 0 Å². The third kappa shape index (κ3) is 3.73. The van der Waals surface area contributed by atoms with Crippen LogP contribution in [0.1, 0.15) is 21.7 Å². The lowest BCUT2D eigenvalue weighted by molar-refractivity contribution is 0.0955. The minimum Gasteiger partial charge on any atom is -0.455 e. The number of nitrogens with zero attached hydrogens (tertiary/aromatic N) is 1. The fraction of sp³-hybridized carbons (Fsp3) is 0.0526. The van der Waals surface area contributed by atoms with Gasteiger partial charge in [0.2, 0.25) is 0 Å². The molecule has 0 aliphatic heterocycles. The molecular formula is C19H15ClN2O2. The van der Waals surface area contributed by atoms with E-state index < -0.39 is 0 Å². The van der Waals surface area contributed by atoms with Gasteiger partial charge in [0.05, 0.1) is 6.21 Å². The minimum absolute atomic E-state index is 0.274. The Kier molecular flexibility index (Phi) is 4.77. The number of hydrogen-bond donors (Lipinski definition) is 1. The van der Waals surface area contributed by atoms with E-state index in [9.17, 15) is 4.79 Å². The Bertz CT molecular complexity index is 885. The van der Waals surface area contributed by atoms with Gasteiger partial charge in [-0.3, -0.25) is 4.79 Å². The Morgan fingerprint density at radius 2 is 1.92 bits per heavy atom. The van der Waals surface area contributed by atoms with E-state index in [0.29, 0.717) is 22.1 Å². The summed E-state index contributed by atoms with van der Waals surface area (Å²) in [5.74, 6) is 0.966. The van der Waals surface area contributed by atoms with Crippen LogP contribution < -0.4 is 5.43 Å². The van der Waals surface area contributed by atoms with Gasteiger partial charge < -0.3 is 4.42 Å². The highest BCUT2D eigenvalue weighted by molar-refractivity contribution is 6.30. The molecule has 0 unspecified atom stereocenters. The standard InChI is InChI=1S/C19H15ClN2O2/c1-13-7-8-15(20)11-17(13)18-10-9-16(24-18)12-21-22-19(23)14-5-3-2-4-6-14/h2-12H,1H3,(H,22,23)/b21-12-. The number of halogens is 1. The Hall–Kier alpha value is -2.85. The molecule has 0 saturated heterocycles. The van der Waals surface area contributed by atoms with Gasteiger partial charge in [0, 0.05) is 16.1 Å². The summed E-state index contributed by atoms with van der Waals surface area (Å²) in [4.78, 5) is 11.9. The van der Waals surface area contributed by atoms with Gasteiger partial charge in [-0.1, -0.05) is 35.9 Å². The van der Waals surface area contributed by atoms with Gasteiger partial charge in [0.25, 0.3) is 5.91 Å². The molecule has 5 heteroatoms. The summed E-state index contributed by atoms with van der Waals surface area (Å²) in [6.45, 7) is 1.99. The van der Waals surface area contributed by atoms with E-state index in [4.69, 9.17) is 16.0 Å². The first-order valence-electron chi connectivity index (χ1n) is 7.38. The average Bonchev–Trinajstić information content (AvgIpc) is 3.06. The SMILES string of the molecule is Cc1ccc(Cl)cc1-c1ccc(/C=N\NC(=O)c2ccccc2)o1. The number of benzene rings is 2. The fourth-order valence-corrected chi connectivity index (χ4v) is 2.41. The summed E-state index contributed by atoms with van der Waals surface area (Å²) in [6, 6.07) is 18.1. The van der Waals surface area contributed by atoms with Gasteiger partial charge in [-0.2, -0.15) is 5.10 Å². The maximum atomic E-state index is 11.9. The van der Waals surface area contributed by atoms with Crippen LogP contribution >= 0.6 is 11.6 Å². The van der Waals surface area contributed by atoms with Crippen molar-refractivity contribution in [3.05, 3.63) is 82.6 Å². The van der Waals surface area contributed by atoms with Gasteiger partial charge in [0.15, 0.2) is 0 Å². The normalized spacial score (nSPS) is 10.9. The van der Waals surface area contributed by atoms with Crippen molar-refractivity contribution >= 4 is 23.7 Å². The first-order chi connectivity index (χ1) is 11.6. The van der Waals surface area contributed by atoms with E-state index >= 15 is 0 Å². The molecule has 3 aromatic rings. The Balaban J connectivity index is 1.70. The van der Waals surface area contributed by atoms with Gasteiger partial charge in [-0.05, 0) is 48.9 Å². The quantitative estimate of drug-likeness (QED) is 0.555. The van der Waals surface area contributed by atoms with Crippen molar-refractivity contribution in [2.45, 2.75) is 6.92 Å². The third-order valence-electron chi connectivity index (χ3n) is 3.49. The highest BCUT2D eigenvalue weighted by Gasteiger charge is 2.08. The Labute approximate surface area is 144 Å². The predicted octanol–water partition coefficient (Wildman–Crippen LogP) is 4.67. The largest absolute Gasteiger partial charge is 0.455 e. The molecule has 1 amide bonds. The number of carbonyl (C=O) groups is 1. The van der Waals surface area contributed by atoms with E-state index in [1.165, 1.54) is 6.21 Å². The molecule has 0 bridgehead atoms. The molecule has 1 heterocycles. The molecule has 2 aromatic carbocycles. The Morgan fingerprint density at radius 3 is 2.71 bits per heavy atom. The molecule has 120 valence electrons. The van der Waals surface area contributed by atoms with Crippen molar-refractivity contribution in [1.29, 1.82) is 0 Å². The second-order valence-corrected chi connectivity index (χ2v) is 5.66. The van der Waals surface area contributed by atoms with Crippen molar-refractivity contribution in [1.82, 2.24) is 5.43 Å². The van der Waals surface area contributed by atoms with E-state index in [1.54, 1.807) is 30.3 Å². The van der Waals surface area contributed by atoms with Crippen molar-refractivity contribution in [2.24, 2.45) is 5.10 Å². The number of nitrogens with one attached hydrogen (secondary N) is 1. The van der Waals surface area contributed by atoms with Crippen LogP contribution in [0.25, 0.3) is 11.3 Å². The molecule has 0 radical (unpaired) electrons. The van der Waals surface area contributed by atoms with Gasteiger partial charge in [-0.25, -0.2) is 5.43 Å². The maximum Gasteiger partial charge on any atom is 0.271 e. The van der Waals surface area contributed by atoms with Crippen molar-refractivity contribution in [2.75, 3.05) is 0 Å². The third-order valence-corrected chi connectivity index (χ3v) is 3.72. The van der Waals surface area contributed by atoms with E-state index in [2.05, 4.69) is 10.5 Å². The monoisotopic (exact) mass is 338 g/mol. The Morgan fingerprint density at radius 1 is 1.12 bits per heavy atom. The smallest absolute Gasteiger partial charge is 0.271 e. The fourth-order valence-electron chi connectivity index (χ4n) is 2.24. The molecule has 0 saturated carbocycles. The lowest BCUT2D eigenvalue weighted by Crippen LogP contribution is -2.17. The lowest BCUT2D eigenvalue weighted by Gasteiger charge is -2.02. The molecule has 24 heavy (non-hydrogen) atoms. The molecule has 1 aromatic heterocycles. The zero-order valence-corrected chi connectivity index (χ0v) is 13.7. The summed E-state index contributed by atoms with van der Waals surface area (Å²) in [6.07, 6.45) is 1.46. The minimum atomic E-state index is -0.274. The molecule has 0 atom stereocenters. The van der Waals surface area contributed by atoms with Gasteiger partial charge in [0.1, 0.15) is 11.5 Å². The zero-order chi connectivity index (χ0) is 16.9. The summed E-state index contributed by atoms with van der Waals surface area (Å²) in [7, 11) is 0. The number of amides is 1. The van der Waals surface area contributed by atoms with E-state index in [0.717, 1.165) is 11.1 Å². The van der Waals surface area contributed by atoms with Crippen LogP contribution in [-0.2, 0) is 0 Å². The molecule has 1 N–H and O–H groups in total. The maximum absolute atomic E-state index is 11.9. The summed E-state index contributed by atoms with van der Waals surface area (Å²) in [5, 5.41) is 4.57. The number of hydrogen-bond acceptors (Lipinski definition) is 3. The van der Waals surface area contributed by atoms with Crippen molar-refractivity contribution in [3.8, 4) is 11.3 Å². The number of hydrazone groups is 1. The van der Waals surface area contributed by atoms with Crippen molar-refractivity contribution < 1.29 is 9.21 Å². The number of furan rings is 1. The first kappa shape index (κ1) is 16.0. The average molecular weight is 339 g/mol. The highest BCUT2D eigenvalue weighted by Crippen LogP contribution is 2.27. The van der Waals surface area contributed by atoms with Gasteiger partial charge in [-0.15, -0.1) is 0 Å². The molecule has 0 fully saturated rings. The summed E-state index contributed by atoms with van der Waals surface area (Å²) in [5.41, 5.74) is 5.00. The second kappa shape index (κ2) is 7.15. The van der Waals surface area contributed by atoms with E-state index in [-0.39, 0.29) is 5.91 Å². The predicted molar refractivity (Wildman–Crippen MR) is 95.4 cm³/mol. The van der Waals surface area contributed by atoms with E-state index in [1.807, 2.05) is 37.3 Å². The van der Waals surface area contributed by atoms with Crippen LogP contribution in [0.2, 0.25) is 5.02 Å². The summed E-state index contributed by atoms with van der Waals surface area (Å²) < 4.78 is 5.73.